The average Bonchev–Trinajstić information content (AvgIpc) is 2.62. The summed E-state index contributed by atoms with van der Waals surface area (Å²) < 4.78 is 0. The first-order valence-corrected chi connectivity index (χ1v) is 5.10. The van der Waals surface area contributed by atoms with Crippen molar-refractivity contribution in [3.05, 3.63) is 29.3 Å². The molecule has 0 spiro atoms. The zero-order chi connectivity index (χ0) is 9.26. The van der Waals surface area contributed by atoms with E-state index >= 15 is 0 Å². The van der Waals surface area contributed by atoms with Gasteiger partial charge in [-0.05, 0) is 43.9 Å². The Morgan fingerprint density at radius 2 is 1.77 bits per heavy atom. The van der Waals surface area contributed by atoms with Crippen LogP contribution in [0.25, 0.3) is 0 Å². The molecule has 1 heteroatoms. The van der Waals surface area contributed by atoms with E-state index < -0.39 is 0 Å². The van der Waals surface area contributed by atoms with Crippen molar-refractivity contribution in [2.45, 2.75) is 26.7 Å². The van der Waals surface area contributed by atoms with E-state index in [9.17, 15) is 0 Å². The van der Waals surface area contributed by atoms with E-state index in [1.165, 1.54) is 42.7 Å². The van der Waals surface area contributed by atoms with Gasteiger partial charge in [-0.15, -0.1) is 0 Å². The SMILES string of the molecule is Cc1cccc(N2CCCC2)c1C. The van der Waals surface area contributed by atoms with Gasteiger partial charge in [0.25, 0.3) is 0 Å². The summed E-state index contributed by atoms with van der Waals surface area (Å²) in [4.78, 5) is 2.50. The van der Waals surface area contributed by atoms with Crippen molar-refractivity contribution in [3.8, 4) is 0 Å². The molecule has 1 nitrogen and oxygen atoms in total. The summed E-state index contributed by atoms with van der Waals surface area (Å²) in [7, 11) is 0. The van der Waals surface area contributed by atoms with E-state index in [-0.39, 0.29) is 0 Å². The highest BCUT2D eigenvalue weighted by Gasteiger charge is 2.14. The van der Waals surface area contributed by atoms with E-state index in [4.69, 9.17) is 0 Å². The zero-order valence-corrected chi connectivity index (χ0v) is 8.51. The minimum absolute atomic E-state index is 1.24. The van der Waals surface area contributed by atoms with Gasteiger partial charge in [0.1, 0.15) is 0 Å². The van der Waals surface area contributed by atoms with Crippen LogP contribution in [0, 0.1) is 13.8 Å². The molecule has 0 N–H and O–H groups in total. The van der Waals surface area contributed by atoms with Crippen LogP contribution in [0.2, 0.25) is 0 Å². The Kier molecular flexibility index (Phi) is 2.26. The number of hydrogen-bond acceptors (Lipinski definition) is 1. The van der Waals surface area contributed by atoms with Crippen LogP contribution in [0.5, 0.6) is 0 Å². The lowest BCUT2D eigenvalue weighted by Gasteiger charge is -2.20. The highest BCUT2D eigenvalue weighted by molar-refractivity contribution is 5.56. The molecule has 1 aromatic rings. The van der Waals surface area contributed by atoms with Gasteiger partial charge in [0, 0.05) is 18.8 Å². The van der Waals surface area contributed by atoms with E-state index in [1.807, 2.05) is 0 Å². The Hall–Kier alpha value is -0.980. The summed E-state index contributed by atoms with van der Waals surface area (Å²) in [6.45, 7) is 6.90. The summed E-state index contributed by atoms with van der Waals surface area (Å²) in [5.74, 6) is 0. The molecule has 70 valence electrons. The number of rotatable bonds is 1. The second-order valence-corrected chi connectivity index (χ2v) is 3.91. The second kappa shape index (κ2) is 3.41. The highest BCUT2D eigenvalue weighted by atomic mass is 15.1. The van der Waals surface area contributed by atoms with Gasteiger partial charge in [-0.2, -0.15) is 0 Å². The molecule has 1 aliphatic heterocycles. The molecule has 1 aromatic carbocycles. The topological polar surface area (TPSA) is 3.24 Å². The maximum atomic E-state index is 2.50. The molecule has 1 saturated heterocycles. The van der Waals surface area contributed by atoms with Crippen LogP contribution in [0.3, 0.4) is 0 Å². The van der Waals surface area contributed by atoms with Crippen molar-refractivity contribution < 1.29 is 0 Å². The van der Waals surface area contributed by atoms with Crippen molar-refractivity contribution in [2.24, 2.45) is 0 Å². The molecule has 0 unspecified atom stereocenters. The van der Waals surface area contributed by atoms with E-state index in [0.717, 1.165) is 0 Å². The molecule has 1 heterocycles. The van der Waals surface area contributed by atoms with Crippen molar-refractivity contribution in [1.82, 2.24) is 0 Å². The molecule has 1 fully saturated rings. The largest absolute Gasteiger partial charge is 0.371 e. The molecular weight excluding hydrogens is 158 g/mol. The minimum atomic E-state index is 1.24. The normalized spacial score (nSPS) is 16.6. The van der Waals surface area contributed by atoms with Crippen LogP contribution in [-0.4, -0.2) is 13.1 Å². The Morgan fingerprint density at radius 1 is 1.08 bits per heavy atom. The van der Waals surface area contributed by atoms with Gasteiger partial charge in [-0.1, -0.05) is 12.1 Å². The molecule has 0 aliphatic carbocycles. The van der Waals surface area contributed by atoms with Crippen molar-refractivity contribution in [1.29, 1.82) is 0 Å². The molecule has 0 radical (unpaired) electrons. The molecule has 0 amide bonds. The lowest BCUT2D eigenvalue weighted by molar-refractivity contribution is 0.949. The fraction of sp³-hybridized carbons (Fsp3) is 0.500. The predicted molar refractivity (Wildman–Crippen MR) is 57.4 cm³/mol. The fourth-order valence-corrected chi connectivity index (χ4v) is 2.04. The molecule has 1 aliphatic rings. The van der Waals surface area contributed by atoms with Crippen LogP contribution in [0.1, 0.15) is 24.0 Å². The smallest absolute Gasteiger partial charge is 0.0398 e. The summed E-state index contributed by atoms with van der Waals surface area (Å²) in [6.07, 6.45) is 2.71. The van der Waals surface area contributed by atoms with Crippen LogP contribution in [0.15, 0.2) is 18.2 Å². The van der Waals surface area contributed by atoms with Gasteiger partial charge in [0.2, 0.25) is 0 Å². The molecule has 0 bridgehead atoms. The zero-order valence-electron chi connectivity index (χ0n) is 8.51. The predicted octanol–water partition coefficient (Wildman–Crippen LogP) is 2.90. The second-order valence-electron chi connectivity index (χ2n) is 3.91. The number of nitrogens with zero attached hydrogens (tertiary/aromatic N) is 1. The van der Waals surface area contributed by atoms with Crippen molar-refractivity contribution in [2.75, 3.05) is 18.0 Å². The molecule has 0 aromatic heterocycles. The standard InChI is InChI=1S/C12H17N/c1-10-6-5-7-12(11(10)2)13-8-3-4-9-13/h5-7H,3-4,8-9H2,1-2H3. The Morgan fingerprint density at radius 3 is 2.46 bits per heavy atom. The van der Waals surface area contributed by atoms with Gasteiger partial charge in [0.05, 0.1) is 0 Å². The first-order chi connectivity index (χ1) is 6.29. The van der Waals surface area contributed by atoms with Gasteiger partial charge in [-0.25, -0.2) is 0 Å². The van der Waals surface area contributed by atoms with Crippen molar-refractivity contribution >= 4 is 5.69 Å². The van der Waals surface area contributed by atoms with E-state index in [0.29, 0.717) is 0 Å². The van der Waals surface area contributed by atoms with Gasteiger partial charge >= 0.3 is 0 Å². The Balaban J connectivity index is 2.33. The summed E-state index contributed by atoms with van der Waals surface area (Å²) in [6, 6.07) is 6.60. The van der Waals surface area contributed by atoms with E-state index in [2.05, 4.69) is 36.9 Å². The first kappa shape index (κ1) is 8.61. The summed E-state index contributed by atoms with van der Waals surface area (Å²) in [5.41, 5.74) is 4.30. The van der Waals surface area contributed by atoms with Crippen molar-refractivity contribution in [3.63, 3.8) is 0 Å². The maximum absolute atomic E-state index is 2.50. The highest BCUT2D eigenvalue weighted by Crippen LogP contribution is 2.25. The van der Waals surface area contributed by atoms with Gasteiger partial charge < -0.3 is 4.90 Å². The van der Waals surface area contributed by atoms with Gasteiger partial charge in [0.15, 0.2) is 0 Å². The summed E-state index contributed by atoms with van der Waals surface area (Å²) in [5, 5.41) is 0. The molecule has 2 rings (SSSR count). The minimum Gasteiger partial charge on any atom is -0.371 e. The molecular formula is C12H17N. The average molecular weight is 175 g/mol. The summed E-state index contributed by atoms with van der Waals surface area (Å²) >= 11 is 0. The third-order valence-corrected chi connectivity index (χ3v) is 3.02. The van der Waals surface area contributed by atoms with Crippen LogP contribution in [0.4, 0.5) is 5.69 Å². The number of anilines is 1. The van der Waals surface area contributed by atoms with E-state index in [1.54, 1.807) is 0 Å². The number of benzene rings is 1. The third kappa shape index (κ3) is 1.55. The van der Waals surface area contributed by atoms with Gasteiger partial charge in [-0.3, -0.25) is 0 Å². The number of hydrogen-bond donors (Lipinski definition) is 0. The molecule has 0 atom stereocenters. The lowest BCUT2D eigenvalue weighted by atomic mass is 10.1. The van der Waals surface area contributed by atoms with Crippen LogP contribution in [-0.2, 0) is 0 Å². The third-order valence-electron chi connectivity index (χ3n) is 3.02. The van der Waals surface area contributed by atoms with Crippen LogP contribution < -0.4 is 4.90 Å². The maximum Gasteiger partial charge on any atom is 0.0398 e. The first-order valence-electron chi connectivity index (χ1n) is 5.10. The molecule has 0 saturated carbocycles. The quantitative estimate of drug-likeness (QED) is 0.634. The Labute approximate surface area is 80.4 Å². The molecule has 13 heavy (non-hydrogen) atoms. The Bertz CT molecular complexity index is 298. The monoisotopic (exact) mass is 175 g/mol. The number of aryl methyl sites for hydroxylation is 1. The lowest BCUT2D eigenvalue weighted by Crippen LogP contribution is -2.18. The van der Waals surface area contributed by atoms with Crippen LogP contribution >= 0.6 is 0 Å². The fourth-order valence-electron chi connectivity index (χ4n) is 2.04.